The van der Waals surface area contributed by atoms with Crippen LogP contribution in [0.3, 0.4) is 0 Å². The van der Waals surface area contributed by atoms with Crippen LogP contribution in [0.15, 0.2) is 12.4 Å². The number of carboxylic acids is 1. The predicted octanol–water partition coefficient (Wildman–Crippen LogP) is -2.02. The number of nitrogens with one attached hydrogen (secondary N) is 1. The van der Waals surface area contributed by atoms with Gasteiger partial charge in [0.15, 0.2) is 6.10 Å². The van der Waals surface area contributed by atoms with E-state index in [1.165, 1.54) is 10.9 Å². The monoisotopic (exact) mass is 242 g/mol. The van der Waals surface area contributed by atoms with E-state index < -0.39 is 24.0 Å². The van der Waals surface area contributed by atoms with Gasteiger partial charge in [0.1, 0.15) is 6.04 Å². The third kappa shape index (κ3) is 3.54. The number of aliphatic hydroxyl groups is 1. The molecule has 0 spiro atoms. The molecule has 8 nitrogen and oxygen atoms in total. The highest BCUT2D eigenvalue weighted by atomic mass is 16.4. The maximum Gasteiger partial charge on any atom is 0.334 e. The molecule has 5 N–H and O–H groups in total. The minimum Gasteiger partial charge on any atom is -0.479 e. The Kier molecular flexibility index (Phi) is 4.18. The molecule has 0 saturated carbocycles. The lowest BCUT2D eigenvalue weighted by Gasteiger charge is -2.11. The van der Waals surface area contributed by atoms with Crippen LogP contribution in [0.5, 0.6) is 0 Å². The number of aromatic nitrogens is 2. The van der Waals surface area contributed by atoms with Gasteiger partial charge in [-0.2, -0.15) is 5.10 Å². The van der Waals surface area contributed by atoms with Crippen LogP contribution in [0.1, 0.15) is 11.6 Å². The van der Waals surface area contributed by atoms with Gasteiger partial charge in [0.25, 0.3) is 0 Å². The van der Waals surface area contributed by atoms with Crippen molar-refractivity contribution < 1.29 is 19.8 Å². The normalized spacial score (nSPS) is 14.1. The van der Waals surface area contributed by atoms with Crippen molar-refractivity contribution in [1.82, 2.24) is 15.1 Å². The van der Waals surface area contributed by atoms with Crippen molar-refractivity contribution in [2.24, 2.45) is 12.8 Å². The second-order valence-electron chi connectivity index (χ2n) is 3.52. The maximum absolute atomic E-state index is 11.5. The Morgan fingerprint density at radius 3 is 2.76 bits per heavy atom. The second kappa shape index (κ2) is 5.41. The lowest BCUT2D eigenvalue weighted by molar-refractivity contribution is -0.146. The van der Waals surface area contributed by atoms with E-state index in [2.05, 4.69) is 10.4 Å². The molecule has 1 amide bonds. The Morgan fingerprint density at radius 1 is 1.65 bits per heavy atom. The van der Waals surface area contributed by atoms with Crippen LogP contribution >= 0.6 is 0 Å². The first-order valence-corrected chi connectivity index (χ1v) is 4.84. The van der Waals surface area contributed by atoms with Crippen molar-refractivity contribution in [3.05, 3.63) is 18.0 Å². The first-order valence-electron chi connectivity index (χ1n) is 4.84. The van der Waals surface area contributed by atoms with Crippen molar-refractivity contribution in [3.8, 4) is 0 Å². The number of carbonyl (C=O) groups is 2. The molecular formula is C9H14N4O4. The van der Waals surface area contributed by atoms with E-state index in [1.807, 2.05) is 0 Å². The molecule has 0 radical (unpaired) electrons. The fraction of sp³-hybridized carbons (Fsp3) is 0.444. The number of amides is 1. The van der Waals surface area contributed by atoms with Gasteiger partial charge in [-0.25, -0.2) is 4.79 Å². The molecule has 0 aliphatic heterocycles. The van der Waals surface area contributed by atoms with Crippen molar-refractivity contribution in [3.63, 3.8) is 0 Å². The van der Waals surface area contributed by atoms with Crippen LogP contribution in [-0.2, 0) is 16.6 Å². The summed E-state index contributed by atoms with van der Waals surface area (Å²) < 4.78 is 1.49. The number of carbonyl (C=O) groups excluding carboxylic acids is 1. The number of rotatable bonds is 5. The number of aliphatic hydroxyl groups excluding tert-OH is 1. The Bertz CT molecular complexity index is 417. The first-order chi connectivity index (χ1) is 7.91. The highest BCUT2D eigenvalue weighted by Crippen LogP contribution is 2.07. The number of aryl methyl sites for hydroxylation is 1. The molecule has 17 heavy (non-hydrogen) atoms. The van der Waals surface area contributed by atoms with Gasteiger partial charge >= 0.3 is 5.97 Å². The largest absolute Gasteiger partial charge is 0.479 e. The first kappa shape index (κ1) is 13.1. The quantitative estimate of drug-likeness (QED) is 0.471. The van der Waals surface area contributed by atoms with Crippen LogP contribution in [-0.4, -0.2) is 44.5 Å². The Labute approximate surface area is 97.0 Å². The van der Waals surface area contributed by atoms with Crippen molar-refractivity contribution in [1.29, 1.82) is 0 Å². The van der Waals surface area contributed by atoms with Gasteiger partial charge in [-0.15, -0.1) is 0 Å². The molecule has 2 unspecified atom stereocenters. The zero-order valence-electron chi connectivity index (χ0n) is 9.20. The number of nitrogens with two attached hydrogens (primary N) is 1. The zero-order valence-corrected chi connectivity index (χ0v) is 9.20. The van der Waals surface area contributed by atoms with Crippen molar-refractivity contribution in [2.45, 2.75) is 12.1 Å². The van der Waals surface area contributed by atoms with Gasteiger partial charge in [0.05, 0.1) is 12.7 Å². The molecule has 1 rings (SSSR count). The number of nitrogens with zero attached hydrogens (tertiary/aromatic N) is 2. The molecule has 0 aromatic carbocycles. The summed E-state index contributed by atoms with van der Waals surface area (Å²) in [7, 11) is 1.68. The van der Waals surface area contributed by atoms with Crippen LogP contribution in [0.25, 0.3) is 0 Å². The fourth-order valence-corrected chi connectivity index (χ4v) is 1.15. The number of carboxylic acid groups (broad SMARTS) is 1. The topological polar surface area (TPSA) is 130 Å². The van der Waals surface area contributed by atoms with E-state index in [0.29, 0.717) is 5.56 Å². The van der Waals surface area contributed by atoms with Crippen LogP contribution in [0.2, 0.25) is 0 Å². The summed E-state index contributed by atoms with van der Waals surface area (Å²) in [5, 5.41) is 23.5. The molecule has 0 fully saturated rings. The van der Waals surface area contributed by atoms with Gasteiger partial charge in [-0.1, -0.05) is 0 Å². The summed E-state index contributed by atoms with van der Waals surface area (Å²) in [5.74, 6) is -1.97. The van der Waals surface area contributed by atoms with E-state index in [9.17, 15) is 9.59 Å². The SMILES string of the molecule is Cn1cc(C(N)C(=O)NCC(O)C(=O)O)cn1. The summed E-state index contributed by atoms with van der Waals surface area (Å²) >= 11 is 0. The van der Waals surface area contributed by atoms with E-state index in [0.717, 1.165) is 0 Å². The lowest BCUT2D eigenvalue weighted by atomic mass is 10.1. The minimum absolute atomic E-state index is 0.387. The maximum atomic E-state index is 11.5. The average Bonchev–Trinajstić information content (AvgIpc) is 2.70. The van der Waals surface area contributed by atoms with Crippen LogP contribution < -0.4 is 11.1 Å². The Hall–Kier alpha value is -1.93. The molecule has 2 atom stereocenters. The summed E-state index contributed by atoms with van der Waals surface area (Å²) in [6.07, 6.45) is 1.38. The number of hydrogen-bond acceptors (Lipinski definition) is 5. The molecule has 8 heteroatoms. The number of aliphatic carboxylic acids is 1. The summed E-state index contributed by atoms with van der Waals surface area (Å²) in [4.78, 5) is 21.8. The second-order valence-corrected chi connectivity index (χ2v) is 3.52. The average molecular weight is 242 g/mol. The van der Waals surface area contributed by atoms with Gasteiger partial charge in [0.2, 0.25) is 5.91 Å². The molecule has 1 aromatic heterocycles. The van der Waals surface area contributed by atoms with Gasteiger partial charge < -0.3 is 21.3 Å². The van der Waals surface area contributed by atoms with Crippen LogP contribution in [0.4, 0.5) is 0 Å². The molecule has 0 bridgehead atoms. The third-order valence-corrected chi connectivity index (χ3v) is 2.12. The van der Waals surface area contributed by atoms with E-state index in [-0.39, 0.29) is 6.54 Å². The summed E-state index contributed by atoms with van der Waals surface area (Å²) in [6.45, 7) is -0.387. The standard InChI is InChI=1S/C9H14N4O4/c1-13-4-5(2-12-13)7(10)8(15)11-3-6(14)9(16)17/h2,4,6-7,14H,3,10H2,1H3,(H,11,15)(H,16,17). The third-order valence-electron chi connectivity index (χ3n) is 2.12. The van der Waals surface area contributed by atoms with Gasteiger partial charge in [-0.3, -0.25) is 9.48 Å². The molecule has 1 heterocycles. The zero-order chi connectivity index (χ0) is 13.0. The fourth-order valence-electron chi connectivity index (χ4n) is 1.15. The lowest BCUT2D eigenvalue weighted by Crippen LogP contribution is -2.40. The van der Waals surface area contributed by atoms with Crippen LogP contribution in [0, 0.1) is 0 Å². The highest BCUT2D eigenvalue weighted by molar-refractivity contribution is 5.83. The van der Waals surface area contributed by atoms with Crippen molar-refractivity contribution in [2.75, 3.05) is 6.54 Å². The number of hydrogen-bond donors (Lipinski definition) is 4. The van der Waals surface area contributed by atoms with Crippen molar-refractivity contribution >= 4 is 11.9 Å². The smallest absolute Gasteiger partial charge is 0.334 e. The molecule has 0 aliphatic rings. The summed E-state index contributed by atoms with van der Waals surface area (Å²) in [6, 6.07) is -0.940. The molecule has 0 saturated heterocycles. The minimum atomic E-state index is -1.64. The van der Waals surface area contributed by atoms with Gasteiger partial charge in [0, 0.05) is 18.8 Å². The van der Waals surface area contributed by atoms with Gasteiger partial charge in [-0.05, 0) is 0 Å². The Balaban J connectivity index is 2.50. The molecular weight excluding hydrogens is 228 g/mol. The van der Waals surface area contributed by atoms with E-state index in [1.54, 1.807) is 13.2 Å². The predicted molar refractivity (Wildman–Crippen MR) is 56.8 cm³/mol. The Morgan fingerprint density at radius 2 is 2.29 bits per heavy atom. The molecule has 0 aliphatic carbocycles. The molecule has 94 valence electrons. The molecule has 1 aromatic rings. The summed E-state index contributed by atoms with van der Waals surface area (Å²) in [5.41, 5.74) is 6.13. The van der Waals surface area contributed by atoms with E-state index in [4.69, 9.17) is 15.9 Å². The van der Waals surface area contributed by atoms with E-state index >= 15 is 0 Å². The highest BCUT2D eigenvalue weighted by Gasteiger charge is 2.20.